The molecule has 10 aromatic carbocycles. The molecule has 11 aromatic rings. The van der Waals surface area contributed by atoms with Crippen LogP contribution in [0, 0.1) is 0 Å². The second-order valence-corrected chi connectivity index (χ2v) is 16.8. The highest BCUT2D eigenvalue weighted by atomic mass is 15.0. The third-order valence-electron chi connectivity index (χ3n) is 13.6. The molecule has 2 atom stereocenters. The van der Waals surface area contributed by atoms with Crippen LogP contribution in [0.15, 0.2) is 224 Å². The van der Waals surface area contributed by atoms with Crippen molar-refractivity contribution in [1.29, 1.82) is 0 Å². The van der Waals surface area contributed by atoms with Crippen LogP contribution >= 0.6 is 0 Å². The lowest BCUT2D eigenvalue weighted by Crippen LogP contribution is -2.00. The van der Waals surface area contributed by atoms with Crippen LogP contribution < -0.4 is 0 Å². The van der Waals surface area contributed by atoms with Crippen LogP contribution in [0.4, 0.5) is 0 Å². The molecule has 1 nitrogen and oxygen atoms in total. The lowest BCUT2D eigenvalue weighted by Gasteiger charge is -2.18. The number of hydrogen-bond acceptors (Lipinski definition) is 0. The Morgan fingerprint density at radius 2 is 0.836 bits per heavy atom. The number of aromatic nitrogens is 1. The molecule has 284 valence electrons. The van der Waals surface area contributed by atoms with Crippen molar-refractivity contribution in [2.24, 2.45) is 0 Å². The fourth-order valence-corrected chi connectivity index (χ4v) is 10.8. The summed E-state index contributed by atoms with van der Waals surface area (Å²) in [6.07, 6.45) is 0. The van der Waals surface area contributed by atoms with Gasteiger partial charge in [0.2, 0.25) is 0 Å². The van der Waals surface area contributed by atoms with Gasteiger partial charge in [0.1, 0.15) is 0 Å². The summed E-state index contributed by atoms with van der Waals surface area (Å²) in [7, 11) is 0. The summed E-state index contributed by atoms with van der Waals surface area (Å²) < 4.78 is 2.45. The zero-order chi connectivity index (χ0) is 40.0. The molecular formula is C60H39N. The molecule has 61 heavy (non-hydrogen) atoms. The van der Waals surface area contributed by atoms with E-state index >= 15 is 0 Å². The maximum atomic E-state index is 2.51. The topological polar surface area (TPSA) is 4.93 Å². The molecule has 0 bridgehead atoms. The maximum absolute atomic E-state index is 2.51. The Hall–Kier alpha value is -7.74. The average Bonchev–Trinajstić information content (AvgIpc) is 3.96. The van der Waals surface area contributed by atoms with Gasteiger partial charge in [0.25, 0.3) is 0 Å². The predicted octanol–water partition coefficient (Wildman–Crippen LogP) is 15.6. The molecule has 1 heteroatoms. The van der Waals surface area contributed by atoms with E-state index in [4.69, 9.17) is 0 Å². The first-order valence-electron chi connectivity index (χ1n) is 21.4. The zero-order valence-electron chi connectivity index (χ0n) is 33.5. The monoisotopic (exact) mass is 773 g/mol. The Morgan fingerprint density at radius 3 is 1.64 bits per heavy atom. The van der Waals surface area contributed by atoms with Gasteiger partial charge in [-0.1, -0.05) is 182 Å². The molecule has 0 amide bonds. The lowest BCUT2D eigenvalue weighted by atomic mass is 9.85. The van der Waals surface area contributed by atoms with Crippen molar-refractivity contribution < 1.29 is 0 Å². The van der Waals surface area contributed by atoms with Crippen LogP contribution in [-0.4, -0.2) is 4.57 Å². The Kier molecular flexibility index (Phi) is 7.50. The van der Waals surface area contributed by atoms with Crippen molar-refractivity contribution in [1.82, 2.24) is 4.57 Å². The fourth-order valence-electron chi connectivity index (χ4n) is 10.8. The summed E-state index contributed by atoms with van der Waals surface area (Å²) in [5.74, 6) is 0.298. The number of benzene rings is 10. The highest BCUT2D eigenvalue weighted by molar-refractivity contribution is 6.11. The Morgan fingerprint density at radius 1 is 0.279 bits per heavy atom. The van der Waals surface area contributed by atoms with E-state index in [1.54, 1.807) is 0 Å². The summed E-state index contributed by atoms with van der Waals surface area (Å²) in [5, 5.41) is 5.16. The summed E-state index contributed by atoms with van der Waals surface area (Å²) in [6.45, 7) is 0. The first-order valence-corrected chi connectivity index (χ1v) is 21.4. The number of fused-ring (bicyclic) bond motifs is 10. The molecule has 13 rings (SSSR count). The van der Waals surface area contributed by atoms with Gasteiger partial charge >= 0.3 is 0 Å². The summed E-state index contributed by atoms with van der Waals surface area (Å²) >= 11 is 0. The smallest absolute Gasteiger partial charge is 0.0547 e. The molecule has 0 fully saturated rings. The van der Waals surface area contributed by atoms with Gasteiger partial charge in [-0.15, -0.1) is 0 Å². The minimum Gasteiger partial charge on any atom is -0.309 e. The van der Waals surface area contributed by atoms with Gasteiger partial charge in [0, 0.05) is 28.3 Å². The van der Waals surface area contributed by atoms with Crippen LogP contribution in [-0.2, 0) is 0 Å². The quantitative estimate of drug-likeness (QED) is 0.164. The summed E-state index contributed by atoms with van der Waals surface area (Å²) in [5.41, 5.74) is 22.1. The van der Waals surface area contributed by atoms with E-state index in [1.165, 1.54) is 116 Å². The molecule has 1 heterocycles. The van der Waals surface area contributed by atoms with E-state index in [2.05, 4.69) is 229 Å². The van der Waals surface area contributed by atoms with Gasteiger partial charge in [0.15, 0.2) is 0 Å². The summed E-state index contributed by atoms with van der Waals surface area (Å²) in [4.78, 5) is 0. The first-order chi connectivity index (χ1) is 30.3. The molecule has 0 radical (unpaired) electrons. The minimum atomic E-state index is 0.106. The largest absolute Gasteiger partial charge is 0.309 e. The second kappa shape index (κ2) is 13.4. The normalized spacial score (nSPS) is 14.9. The Labute approximate surface area is 355 Å². The minimum absolute atomic E-state index is 0.106. The number of nitrogens with zero attached hydrogens (tertiary/aromatic N) is 1. The van der Waals surface area contributed by atoms with Crippen molar-refractivity contribution >= 4 is 32.6 Å². The van der Waals surface area contributed by atoms with Gasteiger partial charge in [-0.3, -0.25) is 0 Å². The summed E-state index contributed by atoms with van der Waals surface area (Å²) in [6, 6.07) is 83.7. The van der Waals surface area contributed by atoms with E-state index in [1.807, 2.05) is 0 Å². The molecular weight excluding hydrogens is 735 g/mol. The van der Waals surface area contributed by atoms with Gasteiger partial charge in [-0.25, -0.2) is 0 Å². The molecule has 0 aliphatic heterocycles. The first kappa shape index (κ1) is 34.2. The number of rotatable bonds is 5. The van der Waals surface area contributed by atoms with Crippen LogP contribution in [0.3, 0.4) is 0 Å². The van der Waals surface area contributed by atoms with Crippen molar-refractivity contribution in [2.45, 2.75) is 11.8 Å². The van der Waals surface area contributed by atoms with E-state index in [9.17, 15) is 0 Å². The Bertz CT molecular complexity index is 3510. The van der Waals surface area contributed by atoms with Crippen LogP contribution in [0.1, 0.15) is 45.2 Å². The molecule has 1 aromatic heterocycles. The van der Waals surface area contributed by atoms with Crippen molar-refractivity contribution in [3.8, 4) is 50.2 Å². The van der Waals surface area contributed by atoms with E-state index in [0.717, 1.165) is 0 Å². The Balaban J connectivity index is 0.986. The molecule has 0 saturated heterocycles. The second-order valence-electron chi connectivity index (χ2n) is 16.8. The van der Waals surface area contributed by atoms with Crippen molar-refractivity contribution in [2.75, 3.05) is 0 Å². The molecule has 0 N–H and O–H groups in total. The number of hydrogen-bond donors (Lipinski definition) is 0. The third kappa shape index (κ3) is 5.20. The van der Waals surface area contributed by atoms with Gasteiger partial charge in [-0.05, 0) is 131 Å². The molecule has 2 aliphatic carbocycles. The molecule has 0 saturated carbocycles. The van der Waals surface area contributed by atoms with E-state index in [0.29, 0.717) is 0 Å². The molecule has 2 aliphatic rings. The highest BCUT2D eigenvalue weighted by Gasteiger charge is 2.34. The fraction of sp³-hybridized carbons (Fsp3) is 0.0333. The predicted molar refractivity (Wildman–Crippen MR) is 255 cm³/mol. The standard InChI is InChI=1S/C60H39N/c1-3-14-38(15-4-1)39-26-28-41(29-27-39)59-49-23-10-9-21-46(49)52-34-42(30-32-50(52)59)43-31-33-51-53(35-43)54-37-58-55(47-22-11-12-25-57(47)61(58)44-18-5-2-6-19-44)36-56(54)60(51)48-24-13-17-40-16-7-8-20-45(40)48/h1-37,59-60H. The molecule has 0 spiro atoms. The van der Waals surface area contributed by atoms with E-state index < -0.39 is 0 Å². The van der Waals surface area contributed by atoms with E-state index in [-0.39, 0.29) is 11.8 Å². The van der Waals surface area contributed by atoms with Crippen LogP contribution in [0.25, 0.3) is 82.8 Å². The average molecular weight is 774 g/mol. The highest BCUT2D eigenvalue weighted by Crippen LogP contribution is 2.54. The van der Waals surface area contributed by atoms with Crippen molar-refractivity contribution in [3.63, 3.8) is 0 Å². The SMILES string of the molecule is c1ccc(-c2ccc(C3c4ccccc4-c4cc(-c5ccc6c(c5)-c5cc7c(cc5C6c5cccc6ccccc56)c5ccccc5n7-c5ccccc5)ccc43)cc2)cc1. The molecule has 2 unspecified atom stereocenters. The third-order valence-corrected chi connectivity index (χ3v) is 13.6. The number of para-hydroxylation sites is 2. The van der Waals surface area contributed by atoms with Crippen molar-refractivity contribution in [3.05, 3.63) is 258 Å². The zero-order valence-corrected chi connectivity index (χ0v) is 33.5. The van der Waals surface area contributed by atoms with Gasteiger partial charge < -0.3 is 4.57 Å². The van der Waals surface area contributed by atoms with Crippen LogP contribution in [0.2, 0.25) is 0 Å². The maximum Gasteiger partial charge on any atom is 0.0547 e. The lowest BCUT2D eigenvalue weighted by molar-refractivity contribution is 1.02. The van der Waals surface area contributed by atoms with Gasteiger partial charge in [0.05, 0.1) is 11.0 Å². The van der Waals surface area contributed by atoms with Gasteiger partial charge in [-0.2, -0.15) is 0 Å². The van der Waals surface area contributed by atoms with Crippen LogP contribution in [0.5, 0.6) is 0 Å².